The number of nitrogens with one attached hydrogen (secondary N) is 1. The minimum absolute atomic E-state index is 0.0626. The van der Waals surface area contributed by atoms with Crippen LogP contribution in [0.1, 0.15) is 37.7 Å². The predicted octanol–water partition coefficient (Wildman–Crippen LogP) is 4.08. The molecule has 1 aliphatic heterocycles. The van der Waals surface area contributed by atoms with Crippen molar-refractivity contribution in [2.45, 2.75) is 32.1 Å². The minimum atomic E-state index is -0.0626. The smallest absolute Gasteiger partial charge is 0.127 e. The summed E-state index contributed by atoms with van der Waals surface area (Å²) in [6.45, 7) is 4.22. The zero-order chi connectivity index (χ0) is 12.3. The van der Waals surface area contributed by atoms with E-state index in [4.69, 9.17) is 0 Å². The molecule has 1 N–H and O–H groups in total. The normalized spacial score (nSPS) is 24.9. The maximum Gasteiger partial charge on any atom is 0.127 e. The summed E-state index contributed by atoms with van der Waals surface area (Å²) < 4.78 is 14.8. The van der Waals surface area contributed by atoms with E-state index in [0.717, 1.165) is 29.5 Å². The summed E-state index contributed by atoms with van der Waals surface area (Å²) in [5.41, 5.74) is 0.896. The molecule has 94 valence electrons. The fraction of sp³-hybridized carbons (Fsp3) is 0.571. The number of hydrogen-bond acceptors (Lipinski definition) is 1. The van der Waals surface area contributed by atoms with Crippen LogP contribution in [0.25, 0.3) is 0 Å². The lowest BCUT2D eigenvalue weighted by Crippen LogP contribution is -2.35. The van der Waals surface area contributed by atoms with Crippen LogP contribution < -0.4 is 5.32 Å². The maximum absolute atomic E-state index is 14.0. The van der Waals surface area contributed by atoms with Crippen molar-refractivity contribution in [3.8, 4) is 0 Å². The van der Waals surface area contributed by atoms with Crippen LogP contribution in [-0.2, 0) is 0 Å². The molecule has 0 aromatic heterocycles. The van der Waals surface area contributed by atoms with Crippen molar-refractivity contribution in [2.75, 3.05) is 13.1 Å². The van der Waals surface area contributed by atoms with Gasteiger partial charge in [-0.2, -0.15) is 0 Å². The lowest BCUT2D eigenvalue weighted by Gasteiger charge is -2.32. The summed E-state index contributed by atoms with van der Waals surface area (Å²) in [6.07, 6.45) is 3.39. The van der Waals surface area contributed by atoms with E-state index in [2.05, 4.69) is 28.2 Å². The van der Waals surface area contributed by atoms with E-state index in [1.807, 2.05) is 12.1 Å². The number of halogens is 2. The molecule has 0 saturated carbocycles. The zero-order valence-electron chi connectivity index (χ0n) is 10.2. The summed E-state index contributed by atoms with van der Waals surface area (Å²) in [5.74, 6) is 0.890. The Balaban J connectivity index is 2.23. The van der Waals surface area contributed by atoms with Crippen molar-refractivity contribution in [2.24, 2.45) is 5.92 Å². The van der Waals surface area contributed by atoms with Gasteiger partial charge in [0.1, 0.15) is 5.82 Å². The maximum atomic E-state index is 14.0. The molecule has 2 rings (SSSR count). The van der Waals surface area contributed by atoms with Crippen molar-refractivity contribution in [1.29, 1.82) is 0 Å². The second-order valence-corrected chi connectivity index (χ2v) is 5.73. The number of benzene rings is 1. The molecule has 1 aromatic carbocycles. The first kappa shape index (κ1) is 13.0. The SMILES string of the molecule is CCCC1CNCCC1c1ccc(Br)cc1F. The van der Waals surface area contributed by atoms with Gasteiger partial charge in [0.25, 0.3) is 0 Å². The Morgan fingerprint density at radius 3 is 3.00 bits per heavy atom. The van der Waals surface area contributed by atoms with E-state index in [0.29, 0.717) is 11.8 Å². The molecular formula is C14H19BrFN. The zero-order valence-corrected chi connectivity index (χ0v) is 11.8. The van der Waals surface area contributed by atoms with Gasteiger partial charge in [0.15, 0.2) is 0 Å². The molecule has 0 amide bonds. The van der Waals surface area contributed by atoms with Crippen LogP contribution in [0.2, 0.25) is 0 Å². The summed E-state index contributed by atoms with van der Waals surface area (Å²) in [4.78, 5) is 0. The van der Waals surface area contributed by atoms with Gasteiger partial charge in [-0.15, -0.1) is 0 Å². The van der Waals surface area contributed by atoms with Crippen LogP contribution in [0.5, 0.6) is 0 Å². The molecule has 17 heavy (non-hydrogen) atoms. The van der Waals surface area contributed by atoms with Gasteiger partial charge >= 0.3 is 0 Å². The first-order valence-corrected chi connectivity index (χ1v) is 7.17. The van der Waals surface area contributed by atoms with Gasteiger partial charge < -0.3 is 5.32 Å². The Kier molecular flexibility index (Phi) is 4.57. The van der Waals surface area contributed by atoms with Crippen LogP contribution in [0, 0.1) is 11.7 Å². The van der Waals surface area contributed by atoms with E-state index in [-0.39, 0.29) is 5.82 Å². The molecule has 0 radical (unpaired) electrons. The fourth-order valence-electron chi connectivity index (χ4n) is 2.81. The Morgan fingerprint density at radius 2 is 2.29 bits per heavy atom. The van der Waals surface area contributed by atoms with Crippen LogP contribution in [0.15, 0.2) is 22.7 Å². The lowest BCUT2D eigenvalue weighted by atomic mass is 9.79. The van der Waals surface area contributed by atoms with Crippen molar-refractivity contribution in [3.05, 3.63) is 34.1 Å². The summed E-state index contributed by atoms with van der Waals surface area (Å²) in [6, 6.07) is 5.47. The Labute approximate surface area is 111 Å². The molecule has 1 heterocycles. The highest BCUT2D eigenvalue weighted by atomic mass is 79.9. The van der Waals surface area contributed by atoms with Crippen molar-refractivity contribution >= 4 is 15.9 Å². The van der Waals surface area contributed by atoms with Gasteiger partial charge in [0.05, 0.1) is 0 Å². The number of piperidine rings is 1. The molecule has 0 bridgehead atoms. The van der Waals surface area contributed by atoms with Gasteiger partial charge in [-0.1, -0.05) is 35.3 Å². The van der Waals surface area contributed by atoms with Gasteiger partial charge in [0, 0.05) is 4.47 Å². The van der Waals surface area contributed by atoms with Crippen molar-refractivity contribution in [1.82, 2.24) is 5.32 Å². The molecule has 1 aromatic rings. The average Bonchev–Trinajstić information content (AvgIpc) is 2.31. The quantitative estimate of drug-likeness (QED) is 0.887. The molecular weight excluding hydrogens is 281 g/mol. The Bertz CT molecular complexity index is 378. The summed E-state index contributed by atoms with van der Waals surface area (Å²) >= 11 is 3.31. The molecule has 2 unspecified atom stereocenters. The van der Waals surface area contributed by atoms with Gasteiger partial charge in [-0.25, -0.2) is 4.39 Å². The van der Waals surface area contributed by atoms with E-state index in [1.165, 1.54) is 12.8 Å². The predicted molar refractivity (Wildman–Crippen MR) is 72.7 cm³/mol. The Hall–Kier alpha value is -0.410. The molecule has 2 atom stereocenters. The highest BCUT2D eigenvalue weighted by molar-refractivity contribution is 9.10. The third-order valence-electron chi connectivity index (χ3n) is 3.63. The standard InChI is InChI=1S/C14H19BrFN/c1-2-3-10-9-17-7-6-12(10)13-5-4-11(15)8-14(13)16/h4-5,8,10,12,17H,2-3,6-7,9H2,1H3. The van der Waals surface area contributed by atoms with E-state index < -0.39 is 0 Å². The Morgan fingerprint density at radius 1 is 1.47 bits per heavy atom. The molecule has 1 fully saturated rings. The molecule has 3 heteroatoms. The first-order valence-electron chi connectivity index (χ1n) is 6.38. The van der Waals surface area contributed by atoms with Gasteiger partial charge in [-0.3, -0.25) is 0 Å². The van der Waals surface area contributed by atoms with Gasteiger partial charge in [0.2, 0.25) is 0 Å². The number of hydrogen-bond donors (Lipinski definition) is 1. The van der Waals surface area contributed by atoms with Crippen molar-refractivity contribution < 1.29 is 4.39 Å². The number of rotatable bonds is 3. The van der Waals surface area contributed by atoms with Gasteiger partial charge in [-0.05, 0) is 55.5 Å². The lowest BCUT2D eigenvalue weighted by molar-refractivity contribution is 0.301. The third-order valence-corrected chi connectivity index (χ3v) is 4.12. The highest BCUT2D eigenvalue weighted by Gasteiger charge is 2.27. The molecule has 1 nitrogen and oxygen atoms in total. The molecule has 0 spiro atoms. The van der Waals surface area contributed by atoms with E-state index in [9.17, 15) is 4.39 Å². The highest BCUT2D eigenvalue weighted by Crippen LogP contribution is 2.35. The molecule has 1 saturated heterocycles. The second kappa shape index (κ2) is 5.96. The first-order chi connectivity index (χ1) is 8.22. The van der Waals surface area contributed by atoms with Crippen LogP contribution in [-0.4, -0.2) is 13.1 Å². The van der Waals surface area contributed by atoms with Crippen LogP contribution in [0.3, 0.4) is 0 Å². The molecule has 0 aliphatic carbocycles. The average molecular weight is 300 g/mol. The summed E-state index contributed by atoms with van der Waals surface area (Å²) in [5, 5.41) is 3.42. The van der Waals surface area contributed by atoms with Crippen molar-refractivity contribution in [3.63, 3.8) is 0 Å². The third kappa shape index (κ3) is 3.08. The van der Waals surface area contributed by atoms with Crippen LogP contribution in [0.4, 0.5) is 4.39 Å². The van der Waals surface area contributed by atoms with Crippen LogP contribution >= 0.6 is 15.9 Å². The molecule has 1 aliphatic rings. The topological polar surface area (TPSA) is 12.0 Å². The monoisotopic (exact) mass is 299 g/mol. The fourth-order valence-corrected chi connectivity index (χ4v) is 3.14. The largest absolute Gasteiger partial charge is 0.316 e. The second-order valence-electron chi connectivity index (χ2n) is 4.81. The van der Waals surface area contributed by atoms with E-state index >= 15 is 0 Å². The minimum Gasteiger partial charge on any atom is -0.316 e. The van der Waals surface area contributed by atoms with E-state index in [1.54, 1.807) is 6.07 Å². The summed E-state index contributed by atoms with van der Waals surface area (Å²) in [7, 11) is 0.